The highest BCUT2D eigenvalue weighted by atomic mass is 35.5. The van der Waals surface area contributed by atoms with Gasteiger partial charge in [0.15, 0.2) is 0 Å². The summed E-state index contributed by atoms with van der Waals surface area (Å²) < 4.78 is 1.93. The van der Waals surface area contributed by atoms with Crippen LogP contribution in [-0.4, -0.2) is 108 Å². The molecule has 160 valence electrons. The molecule has 1 aromatic carbocycles. The summed E-state index contributed by atoms with van der Waals surface area (Å²) in [4.78, 5) is 37.5. The first-order valence-electron chi connectivity index (χ1n) is 9.88. The molecule has 0 N–H and O–H groups in total. The number of carbonyl (C=O) groups is 2. The highest BCUT2D eigenvalue weighted by Crippen LogP contribution is 2.28. The molecule has 3 aliphatic rings. The van der Waals surface area contributed by atoms with Crippen molar-refractivity contribution in [2.75, 3.05) is 53.9 Å². The zero-order chi connectivity index (χ0) is 21.6. The molecule has 1 atom stereocenters. The van der Waals surface area contributed by atoms with E-state index in [4.69, 9.17) is 28.2 Å². The summed E-state index contributed by atoms with van der Waals surface area (Å²) in [7, 11) is 5.25. The van der Waals surface area contributed by atoms with Crippen LogP contribution in [0.4, 0.5) is 4.79 Å². The number of carbonyl (C=O) groups excluding carboxylic acids is 2. The standard InChI is InChI=1S/C20H25Cl2N6O2/c1-24-7-9-27(10-8-24)12-16-23-18-17(19(29)26(3)20(30)25(18)2)28(16)11-13-14(21)5-4-6-15(13)22/h4-6,17H,7-12H2,1-3H3/q+1. The van der Waals surface area contributed by atoms with E-state index in [-0.39, 0.29) is 11.9 Å². The fraction of sp³-hybridized carbons (Fsp3) is 0.500. The number of nitrogens with zero attached hydrogens (tertiary/aromatic N) is 6. The van der Waals surface area contributed by atoms with E-state index in [9.17, 15) is 9.59 Å². The number of hydrogen-bond acceptors (Lipinski definition) is 5. The second-order valence-electron chi connectivity index (χ2n) is 7.94. The molecule has 2 saturated heterocycles. The van der Waals surface area contributed by atoms with Crippen molar-refractivity contribution >= 4 is 46.8 Å². The highest BCUT2D eigenvalue weighted by molar-refractivity contribution is 6.36. The number of likely N-dealkylation sites (N-methyl/N-ethyl adjacent to an activating group) is 3. The van der Waals surface area contributed by atoms with Crippen molar-refractivity contribution in [2.24, 2.45) is 4.99 Å². The number of piperazine rings is 1. The maximum Gasteiger partial charge on any atom is 0.333 e. The van der Waals surface area contributed by atoms with Crippen LogP contribution in [0.2, 0.25) is 10.0 Å². The molecule has 10 heteroatoms. The van der Waals surface area contributed by atoms with E-state index in [1.807, 2.05) is 4.58 Å². The zero-order valence-electron chi connectivity index (χ0n) is 17.3. The minimum absolute atomic E-state index is 0.298. The van der Waals surface area contributed by atoms with Crippen LogP contribution >= 0.6 is 23.2 Å². The number of hydrogen-bond donors (Lipinski definition) is 0. The van der Waals surface area contributed by atoms with Gasteiger partial charge in [-0.05, 0) is 24.2 Å². The number of aliphatic imine (C=N–C) groups is 1. The quantitative estimate of drug-likeness (QED) is 0.650. The average Bonchev–Trinajstić information content (AvgIpc) is 3.07. The molecule has 0 spiro atoms. The Morgan fingerprint density at radius 3 is 2.30 bits per heavy atom. The van der Waals surface area contributed by atoms with Gasteiger partial charge in [0.25, 0.3) is 17.8 Å². The monoisotopic (exact) mass is 451 g/mol. The first-order valence-corrected chi connectivity index (χ1v) is 10.6. The fourth-order valence-electron chi connectivity index (χ4n) is 4.02. The Kier molecular flexibility index (Phi) is 5.85. The van der Waals surface area contributed by atoms with Crippen molar-refractivity contribution in [1.82, 2.24) is 19.6 Å². The van der Waals surface area contributed by atoms with Crippen molar-refractivity contribution < 1.29 is 14.2 Å². The van der Waals surface area contributed by atoms with Crippen LogP contribution in [0.3, 0.4) is 0 Å². The van der Waals surface area contributed by atoms with E-state index in [2.05, 4.69) is 16.8 Å². The van der Waals surface area contributed by atoms with E-state index < -0.39 is 6.04 Å². The lowest BCUT2D eigenvalue weighted by atomic mass is 10.1. The number of fused-ring (bicyclic) bond motifs is 1. The third kappa shape index (κ3) is 3.73. The van der Waals surface area contributed by atoms with Crippen molar-refractivity contribution in [2.45, 2.75) is 12.6 Å². The summed E-state index contributed by atoms with van der Waals surface area (Å²) in [6.45, 7) is 4.71. The highest BCUT2D eigenvalue weighted by Gasteiger charge is 2.53. The molecule has 0 radical (unpaired) electrons. The number of rotatable bonds is 4. The molecule has 0 aromatic heterocycles. The van der Waals surface area contributed by atoms with Gasteiger partial charge in [-0.25, -0.2) is 9.37 Å². The second-order valence-corrected chi connectivity index (χ2v) is 8.75. The molecule has 3 aliphatic heterocycles. The Bertz CT molecular complexity index is 934. The molecular formula is C20H25Cl2N6O2+. The summed E-state index contributed by atoms with van der Waals surface area (Å²) in [5.41, 5.74) is 0.739. The Morgan fingerprint density at radius 1 is 1.03 bits per heavy atom. The third-order valence-electron chi connectivity index (χ3n) is 5.96. The minimum atomic E-state index is -0.674. The molecule has 30 heavy (non-hydrogen) atoms. The number of benzene rings is 1. The molecule has 0 saturated carbocycles. The van der Waals surface area contributed by atoms with Gasteiger partial charge in [-0.3, -0.25) is 19.5 Å². The molecule has 3 heterocycles. The lowest BCUT2D eigenvalue weighted by Gasteiger charge is -2.31. The van der Waals surface area contributed by atoms with Gasteiger partial charge in [0.1, 0.15) is 13.1 Å². The maximum absolute atomic E-state index is 13.1. The van der Waals surface area contributed by atoms with Gasteiger partial charge in [-0.2, -0.15) is 0 Å². The van der Waals surface area contributed by atoms with Crippen LogP contribution in [0, 0.1) is 0 Å². The molecule has 0 aliphatic carbocycles. The van der Waals surface area contributed by atoms with Crippen LogP contribution in [0.1, 0.15) is 5.56 Å². The van der Waals surface area contributed by atoms with Crippen molar-refractivity contribution in [3.05, 3.63) is 33.8 Å². The van der Waals surface area contributed by atoms with Crippen molar-refractivity contribution in [3.63, 3.8) is 0 Å². The molecule has 0 bridgehead atoms. The first-order chi connectivity index (χ1) is 14.3. The van der Waals surface area contributed by atoms with E-state index in [1.54, 1.807) is 25.2 Å². The number of urea groups is 1. The number of amides is 3. The summed E-state index contributed by atoms with van der Waals surface area (Å²) in [5, 5.41) is 1.08. The molecule has 8 nitrogen and oxygen atoms in total. The van der Waals surface area contributed by atoms with Gasteiger partial charge < -0.3 is 4.90 Å². The largest absolute Gasteiger partial charge is 0.333 e. The predicted octanol–water partition coefficient (Wildman–Crippen LogP) is 1.46. The van der Waals surface area contributed by atoms with E-state index in [0.29, 0.717) is 29.0 Å². The SMILES string of the molecule is CN1CCN(CC2=[N+](Cc3c(Cl)cccc3Cl)C3C(=O)N(C)C(=O)N(C)C3=N2)CC1. The van der Waals surface area contributed by atoms with Crippen LogP contribution in [-0.2, 0) is 11.3 Å². The summed E-state index contributed by atoms with van der Waals surface area (Å²) in [6, 6.07) is 4.30. The molecular weight excluding hydrogens is 427 g/mol. The van der Waals surface area contributed by atoms with Gasteiger partial charge in [0.2, 0.25) is 0 Å². The van der Waals surface area contributed by atoms with Crippen LogP contribution in [0.25, 0.3) is 0 Å². The van der Waals surface area contributed by atoms with E-state index in [1.165, 1.54) is 11.9 Å². The smallest absolute Gasteiger partial charge is 0.304 e. The maximum atomic E-state index is 13.1. The Hall–Kier alpha value is -2.00. The van der Waals surface area contributed by atoms with Gasteiger partial charge in [0.05, 0.1) is 0 Å². The summed E-state index contributed by atoms with van der Waals surface area (Å²) in [6.07, 6.45) is 0. The average molecular weight is 452 g/mol. The summed E-state index contributed by atoms with van der Waals surface area (Å²) >= 11 is 12.8. The number of imide groups is 1. The Morgan fingerprint density at radius 2 is 1.67 bits per heavy atom. The Labute approximate surface area is 185 Å². The van der Waals surface area contributed by atoms with E-state index >= 15 is 0 Å². The van der Waals surface area contributed by atoms with Gasteiger partial charge in [-0.15, -0.1) is 0 Å². The Balaban J connectivity index is 1.72. The number of halogens is 2. The van der Waals surface area contributed by atoms with Crippen molar-refractivity contribution in [1.29, 1.82) is 0 Å². The topological polar surface area (TPSA) is 62.5 Å². The van der Waals surface area contributed by atoms with Crippen molar-refractivity contribution in [3.8, 4) is 0 Å². The molecule has 3 amide bonds. The van der Waals surface area contributed by atoms with Gasteiger partial charge in [0, 0.05) is 55.9 Å². The predicted molar refractivity (Wildman–Crippen MR) is 117 cm³/mol. The lowest BCUT2D eigenvalue weighted by molar-refractivity contribution is -0.552. The van der Waals surface area contributed by atoms with Gasteiger partial charge >= 0.3 is 11.9 Å². The molecule has 1 unspecified atom stereocenters. The first kappa shape index (κ1) is 21.2. The summed E-state index contributed by atoms with van der Waals surface area (Å²) in [5.74, 6) is 0.905. The molecule has 2 fully saturated rings. The fourth-order valence-corrected chi connectivity index (χ4v) is 4.53. The number of amidine groups is 2. The van der Waals surface area contributed by atoms with Crippen LogP contribution < -0.4 is 0 Å². The molecule has 4 rings (SSSR count). The normalized spacial score (nSPS) is 23.4. The van der Waals surface area contributed by atoms with Gasteiger partial charge in [-0.1, -0.05) is 29.3 Å². The zero-order valence-corrected chi connectivity index (χ0v) is 18.8. The van der Waals surface area contributed by atoms with Crippen LogP contribution in [0.15, 0.2) is 23.2 Å². The van der Waals surface area contributed by atoms with E-state index in [0.717, 1.165) is 42.5 Å². The lowest BCUT2D eigenvalue weighted by Crippen LogP contribution is -2.61. The molecule has 1 aromatic rings. The van der Waals surface area contributed by atoms with Crippen LogP contribution in [0.5, 0.6) is 0 Å². The second kappa shape index (κ2) is 8.26. The minimum Gasteiger partial charge on any atom is -0.304 e. The third-order valence-corrected chi connectivity index (χ3v) is 6.67.